The van der Waals surface area contributed by atoms with Crippen LogP contribution in [0.15, 0.2) is 42.5 Å². The third-order valence-electron chi connectivity index (χ3n) is 3.47. The molecule has 0 aliphatic carbocycles. The molecule has 0 aromatic heterocycles. The van der Waals surface area contributed by atoms with Gasteiger partial charge in [-0.2, -0.15) is 0 Å². The van der Waals surface area contributed by atoms with Gasteiger partial charge in [-0.05, 0) is 61.2 Å². The summed E-state index contributed by atoms with van der Waals surface area (Å²) in [4.78, 5) is 12.2. The van der Waals surface area contributed by atoms with Gasteiger partial charge in [-0.1, -0.05) is 36.7 Å². The van der Waals surface area contributed by atoms with E-state index in [4.69, 9.17) is 11.6 Å². The minimum atomic E-state index is -0.202. The maximum absolute atomic E-state index is 12.2. The Morgan fingerprint density at radius 3 is 2.23 bits per heavy atom. The van der Waals surface area contributed by atoms with E-state index in [2.05, 4.69) is 16.7 Å². The average molecular weight is 317 g/mol. The lowest BCUT2D eigenvalue weighted by Gasteiger charge is -2.18. The molecule has 2 aromatic rings. The molecule has 0 saturated heterocycles. The van der Waals surface area contributed by atoms with E-state index in [0.717, 1.165) is 28.8 Å². The first kappa shape index (κ1) is 16.4. The molecule has 0 unspecified atom stereocenters. The lowest BCUT2D eigenvalue weighted by molar-refractivity contribution is 0.248. The van der Waals surface area contributed by atoms with Crippen molar-refractivity contribution in [3.05, 3.63) is 64.2 Å². The summed E-state index contributed by atoms with van der Waals surface area (Å²) in [5, 5.41) is 6.58. The molecule has 2 aromatic carbocycles. The van der Waals surface area contributed by atoms with E-state index in [1.165, 1.54) is 0 Å². The lowest BCUT2D eigenvalue weighted by Crippen LogP contribution is -2.32. The molecule has 0 aliphatic heterocycles. The molecule has 3 nitrogen and oxygen atoms in total. The van der Waals surface area contributed by atoms with Crippen LogP contribution in [0.4, 0.5) is 10.5 Å². The number of carbonyl (C=O) groups excluding carboxylic acids is 1. The van der Waals surface area contributed by atoms with Crippen molar-refractivity contribution < 1.29 is 4.79 Å². The second-order valence-electron chi connectivity index (χ2n) is 5.49. The summed E-state index contributed by atoms with van der Waals surface area (Å²) in [7, 11) is 0. The number of benzene rings is 2. The number of rotatable bonds is 4. The minimum Gasteiger partial charge on any atom is -0.331 e. The van der Waals surface area contributed by atoms with Crippen LogP contribution >= 0.6 is 11.6 Å². The largest absolute Gasteiger partial charge is 0.331 e. The smallest absolute Gasteiger partial charge is 0.319 e. The van der Waals surface area contributed by atoms with Gasteiger partial charge >= 0.3 is 6.03 Å². The molecule has 2 N–H and O–H groups in total. The molecule has 0 spiro atoms. The minimum absolute atomic E-state index is 0.0387. The predicted molar refractivity (Wildman–Crippen MR) is 92.6 cm³/mol. The SMILES string of the molecule is CC[C@H](NC(=O)Nc1cc(C)cc(C)c1)c1ccc(Cl)cc1. The van der Waals surface area contributed by atoms with Gasteiger partial charge in [0.25, 0.3) is 0 Å². The Bertz CT molecular complexity index is 632. The van der Waals surface area contributed by atoms with Crippen molar-refractivity contribution in [2.75, 3.05) is 5.32 Å². The van der Waals surface area contributed by atoms with Crippen LogP contribution in [-0.2, 0) is 0 Å². The first-order valence-electron chi connectivity index (χ1n) is 7.39. The quantitative estimate of drug-likeness (QED) is 0.796. The number of nitrogens with one attached hydrogen (secondary N) is 2. The van der Waals surface area contributed by atoms with Gasteiger partial charge in [0.2, 0.25) is 0 Å². The maximum atomic E-state index is 12.2. The second kappa shape index (κ2) is 7.32. The van der Waals surface area contributed by atoms with Crippen LogP contribution in [0.25, 0.3) is 0 Å². The Morgan fingerprint density at radius 2 is 1.68 bits per heavy atom. The Labute approximate surface area is 136 Å². The van der Waals surface area contributed by atoms with Crippen LogP contribution in [-0.4, -0.2) is 6.03 Å². The average Bonchev–Trinajstić information content (AvgIpc) is 2.44. The molecular weight excluding hydrogens is 296 g/mol. The number of carbonyl (C=O) groups is 1. The molecule has 4 heteroatoms. The molecule has 0 heterocycles. The summed E-state index contributed by atoms with van der Waals surface area (Å²) in [6.45, 7) is 6.06. The second-order valence-corrected chi connectivity index (χ2v) is 5.92. The molecule has 1 atom stereocenters. The van der Waals surface area contributed by atoms with E-state index in [1.54, 1.807) is 0 Å². The monoisotopic (exact) mass is 316 g/mol. The number of aryl methyl sites for hydroxylation is 2. The van der Waals surface area contributed by atoms with Crippen molar-refractivity contribution in [1.29, 1.82) is 0 Å². The fourth-order valence-electron chi connectivity index (χ4n) is 2.49. The number of anilines is 1. The normalized spacial score (nSPS) is 11.8. The van der Waals surface area contributed by atoms with E-state index in [9.17, 15) is 4.79 Å². The summed E-state index contributed by atoms with van der Waals surface area (Å²) in [6.07, 6.45) is 0.807. The Kier molecular flexibility index (Phi) is 5.45. The van der Waals surface area contributed by atoms with Crippen molar-refractivity contribution >= 4 is 23.3 Å². The molecule has 0 aliphatic rings. The zero-order valence-corrected chi connectivity index (χ0v) is 13.9. The fraction of sp³-hybridized carbons (Fsp3) is 0.278. The van der Waals surface area contributed by atoms with Crippen molar-refractivity contribution in [3.8, 4) is 0 Å². The highest BCUT2D eigenvalue weighted by Gasteiger charge is 2.12. The molecule has 2 amide bonds. The Balaban J connectivity index is 2.04. The maximum Gasteiger partial charge on any atom is 0.319 e. The summed E-state index contributed by atoms with van der Waals surface area (Å²) in [6, 6.07) is 13.3. The van der Waals surface area contributed by atoms with Gasteiger partial charge in [-0.25, -0.2) is 4.79 Å². The van der Waals surface area contributed by atoms with Crippen molar-refractivity contribution in [2.24, 2.45) is 0 Å². The van der Waals surface area contributed by atoms with Gasteiger partial charge in [0.05, 0.1) is 6.04 Å². The van der Waals surface area contributed by atoms with E-state index in [-0.39, 0.29) is 12.1 Å². The highest BCUT2D eigenvalue weighted by molar-refractivity contribution is 6.30. The highest BCUT2D eigenvalue weighted by Crippen LogP contribution is 2.20. The molecular formula is C18H21ClN2O. The first-order chi connectivity index (χ1) is 10.5. The summed E-state index contributed by atoms with van der Waals surface area (Å²) < 4.78 is 0. The van der Waals surface area contributed by atoms with Crippen LogP contribution in [0, 0.1) is 13.8 Å². The molecule has 0 radical (unpaired) electrons. The molecule has 22 heavy (non-hydrogen) atoms. The van der Waals surface area contributed by atoms with E-state index in [0.29, 0.717) is 5.02 Å². The number of hydrogen-bond donors (Lipinski definition) is 2. The number of urea groups is 1. The predicted octanol–water partition coefficient (Wildman–Crippen LogP) is 5.23. The van der Waals surface area contributed by atoms with Crippen molar-refractivity contribution in [1.82, 2.24) is 5.32 Å². The number of amides is 2. The first-order valence-corrected chi connectivity index (χ1v) is 7.77. The van der Waals surface area contributed by atoms with E-state index >= 15 is 0 Å². The summed E-state index contributed by atoms with van der Waals surface area (Å²) in [5.41, 5.74) is 4.10. The van der Waals surface area contributed by atoms with Crippen molar-refractivity contribution in [2.45, 2.75) is 33.2 Å². The van der Waals surface area contributed by atoms with Gasteiger partial charge in [0.1, 0.15) is 0 Å². The van der Waals surface area contributed by atoms with Crippen LogP contribution in [0.3, 0.4) is 0 Å². The molecule has 0 fully saturated rings. The number of hydrogen-bond acceptors (Lipinski definition) is 1. The van der Waals surface area contributed by atoms with Crippen molar-refractivity contribution in [3.63, 3.8) is 0 Å². The van der Waals surface area contributed by atoms with Gasteiger partial charge < -0.3 is 10.6 Å². The van der Waals surface area contributed by atoms with E-state index in [1.807, 2.05) is 57.2 Å². The van der Waals surface area contributed by atoms with Crippen LogP contribution in [0.5, 0.6) is 0 Å². The Hall–Kier alpha value is -2.00. The zero-order valence-electron chi connectivity index (χ0n) is 13.1. The summed E-state index contributed by atoms with van der Waals surface area (Å²) >= 11 is 5.90. The molecule has 2 rings (SSSR count). The highest BCUT2D eigenvalue weighted by atomic mass is 35.5. The molecule has 116 valence electrons. The molecule has 0 bridgehead atoms. The van der Waals surface area contributed by atoms with Crippen LogP contribution in [0.1, 0.15) is 36.1 Å². The topological polar surface area (TPSA) is 41.1 Å². The van der Waals surface area contributed by atoms with Gasteiger partial charge in [0.15, 0.2) is 0 Å². The number of halogens is 1. The van der Waals surface area contributed by atoms with Gasteiger partial charge in [-0.15, -0.1) is 0 Å². The van der Waals surface area contributed by atoms with Crippen LogP contribution in [0.2, 0.25) is 5.02 Å². The third kappa shape index (κ3) is 4.50. The summed E-state index contributed by atoms with van der Waals surface area (Å²) in [5.74, 6) is 0. The zero-order chi connectivity index (χ0) is 16.1. The molecule has 0 saturated carbocycles. The van der Waals surface area contributed by atoms with Gasteiger partial charge in [-0.3, -0.25) is 0 Å². The third-order valence-corrected chi connectivity index (χ3v) is 3.72. The fourth-order valence-corrected chi connectivity index (χ4v) is 2.61. The standard InChI is InChI=1S/C18H21ClN2O/c1-4-17(14-5-7-15(19)8-6-14)21-18(22)20-16-10-12(2)9-13(3)11-16/h5-11,17H,4H2,1-3H3,(H2,20,21,22)/t17-/m0/s1. The van der Waals surface area contributed by atoms with E-state index < -0.39 is 0 Å². The van der Waals surface area contributed by atoms with Crippen LogP contribution < -0.4 is 10.6 Å². The lowest BCUT2D eigenvalue weighted by atomic mass is 10.1. The van der Waals surface area contributed by atoms with Gasteiger partial charge in [0, 0.05) is 10.7 Å². The Morgan fingerprint density at radius 1 is 1.09 bits per heavy atom.